The average molecular weight is 375 g/mol. The molecule has 1 atom stereocenters. The third-order valence-corrected chi connectivity index (χ3v) is 4.91. The second-order valence-electron chi connectivity index (χ2n) is 4.48. The highest BCUT2D eigenvalue weighted by Crippen LogP contribution is 2.35. The summed E-state index contributed by atoms with van der Waals surface area (Å²) in [5.74, 6) is 0.344. The van der Waals surface area contributed by atoms with Gasteiger partial charge in [0.05, 0.1) is 20.0 Å². The number of hydrogen-bond acceptors (Lipinski definition) is 6. The Kier molecular flexibility index (Phi) is 4.35. The van der Waals surface area contributed by atoms with E-state index in [9.17, 15) is 13.2 Å². The van der Waals surface area contributed by atoms with Crippen molar-refractivity contribution in [3.8, 4) is 27.3 Å². The molecule has 0 aliphatic rings. The molecule has 3 heterocycles. The molecule has 120 valence electrons. The van der Waals surface area contributed by atoms with Crippen LogP contribution in [0, 0.1) is 6.92 Å². The van der Waals surface area contributed by atoms with Crippen LogP contribution in [0.3, 0.4) is 0 Å². The third-order valence-electron chi connectivity index (χ3n) is 2.80. The fraction of sp³-hybridized carbons (Fsp3) is 0.154. The average Bonchev–Trinajstić information content (AvgIpc) is 3.15. The summed E-state index contributed by atoms with van der Waals surface area (Å²) in [6.07, 6.45) is -4.49. The quantitative estimate of drug-likeness (QED) is 0.616. The maximum absolute atomic E-state index is 12.7. The van der Waals surface area contributed by atoms with Crippen molar-refractivity contribution < 1.29 is 17.7 Å². The lowest BCUT2D eigenvalue weighted by Gasteiger charge is -2.04. The van der Waals surface area contributed by atoms with E-state index in [1.165, 1.54) is 11.3 Å². The van der Waals surface area contributed by atoms with Gasteiger partial charge in [0.2, 0.25) is 5.88 Å². The molecule has 4 nitrogen and oxygen atoms in total. The van der Waals surface area contributed by atoms with Crippen molar-refractivity contribution in [2.75, 3.05) is 0 Å². The molecule has 3 aromatic heterocycles. The number of aromatic nitrogens is 3. The minimum absolute atomic E-state index is 0.0933. The van der Waals surface area contributed by atoms with Crippen molar-refractivity contribution in [1.29, 1.82) is 0 Å². The lowest BCUT2D eigenvalue weighted by molar-refractivity contribution is -0.140. The maximum atomic E-state index is 12.7. The highest BCUT2D eigenvalue weighted by molar-refractivity contribution is 7.15. The zero-order valence-electron chi connectivity index (χ0n) is 11.6. The van der Waals surface area contributed by atoms with E-state index in [-0.39, 0.29) is 16.7 Å². The largest absolute Gasteiger partial charge is 0.463 e. The minimum Gasteiger partial charge on any atom is -0.463 e. The smallest absolute Gasteiger partial charge is 0.434 e. The molecule has 0 amide bonds. The molecule has 10 heteroatoms. The topological polar surface area (TPSA) is 47.9 Å². The van der Waals surface area contributed by atoms with Crippen LogP contribution in [0.25, 0.3) is 21.4 Å². The summed E-state index contributed by atoms with van der Waals surface area (Å²) in [5, 5.41) is 1.04. The van der Waals surface area contributed by atoms with Crippen molar-refractivity contribution in [2.24, 2.45) is 0 Å². The molecule has 0 aromatic carbocycles. The van der Waals surface area contributed by atoms with E-state index in [2.05, 4.69) is 24.4 Å². The van der Waals surface area contributed by atoms with Crippen LogP contribution in [0.4, 0.5) is 13.2 Å². The van der Waals surface area contributed by atoms with E-state index in [1.807, 2.05) is 19.1 Å². The van der Waals surface area contributed by atoms with Gasteiger partial charge in [0.25, 0.3) is 0 Å². The van der Waals surface area contributed by atoms with Crippen LogP contribution in [-0.2, 0) is 6.18 Å². The molecule has 0 saturated heterocycles. The van der Waals surface area contributed by atoms with E-state index in [1.54, 1.807) is 6.07 Å². The Morgan fingerprint density at radius 1 is 1.17 bits per heavy atom. The Balaban J connectivity index is 2.07. The first-order valence-electron chi connectivity index (χ1n) is 6.22. The molecule has 0 N–H and O–H groups in total. The first-order valence-corrected chi connectivity index (χ1v) is 8.39. The normalized spacial score (nSPS) is 11.7. The van der Waals surface area contributed by atoms with E-state index in [4.69, 9.17) is 4.52 Å². The lowest BCUT2D eigenvalue weighted by atomic mass is 10.3. The highest BCUT2D eigenvalue weighted by atomic mass is 32.1. The van der Waals surface area contributed by atoms with Crippen LogP contribution >= 0.6 is 32.1 Å². The number of halogens is 3. The molecule has 23 heavy (non-hydrogen) atoms. The number of hydrogen-bond donors (Lipinski definition) is 0. The molecule has 3 rings (SSSR count). The Morgan fingerprint density at radius 3 is 2.52 bits per heavy atom. The standard InChI is InChI=1S/C13H9F3N3OPS2/c1-6-2-3-8(23-6)7-4-10(20-21)19-11(17-7)12-18-9(5-22-12)13(14,15)16/h2-5H,21H2,1H3. The number of nitrogens with zero attached hydrogens (tertiary/aromatic N) is 3. The van der Waals surface area contributed by atoms with Crippen LogP contribution in [-0.4, -0.2) is 15.0 Å². The van der Waals surface area contributed by atoms with Gasteiger partial charge >= 0.3 is 6.18 Å². The molecule has 0 fully saturated rings. The molecular weight excluding hydrogens is 366 g/mol. The Bertz CT molecular complexity index is 847. The second kappa shape index (κ2) is 6.14. The fourth-order valence-corrected chi connectivity index (χ4v) is 3.49. The van der Waals surface area contributed by atoms with Crippen LogP contribution < -0.4 is 4.52 Å². The molecule has 0 aliphatic heterocycles. The summed E-state index contributed by atoms with van der Waals surface area (Å²) in [6, 6.07) is 5.45. The van der Waals surface area contributed by atoms with Crippen LogP contribution in [0.5, 0.6) is 5.88 Å². The van der Waals surface area contributed by atoms with E-state index in [0.29, 0.717) is 5.69 Å². The predicted octanol–water partition coefficient (Wildman–Crippen LogP) is 4.82. The highest BCUT2D eigenvalue weighted by Gasteiger charge is 2.34. The van der Waals surface area contributed by atoms with Gasteiger partial charge < -0.3 is 4.52 Å². The SMILES string of the molecule is Cc1ccc(-c2cc(OP)nc(-c3nc(C(F)(F)F)cs3)n2)s1. The van der Waals surface area contributed by atoms with Gasteiger partial charge in [-0.2, -0.15) is 18.2 Å². The van der Waals surface area contributed by atoms with E-state index in [0.717, 1.165) is 26.5 Å². The Hall–Kier alpha value is -1.57. The Morgan fingerprint density at radius 2 is 1.96 bits per heavy atom. The minimum atomic E-state index is -4.49. The fourth-order valence-electron chi connectivity index (χ4n) is 1.79. The molecule has 3 aromatic rings. The number of thiophene rings is 1. The van der Waals surface area contributed by atoms with Crippen molar-refractivity contribution in [3.05, 3.63) is 34.2 Å². The van der Waals surface area contributed by atoms with Gasteiger partial charge in [0.1, 0.15) is 0 Å². The number of thiazole rings is 1. The molecule has 0 aliphatic carbocycles. The molecule has 0 bridgehead atoms. The van der Waals surface area contributed by atoms with E-state index < -0.39 is 11.9 Å². The summed E-state index contributed by atoms with van der Waals surface area (Å²) >= 11 is 2.37. The van der Waals surface area contributed by atoms with Crippen LogP contribution in [0.15, 0.2) is 23.6 Å². The van der Waals surface area contributed by atoms with Crippen LogP contribution in [0.2, 0.25) is 0 Å². The molecule has 0 radical (unpaired) electrons. The zero-order chi connectivity index (χ0) is 16.6. The Labute approximate surface area is 139 Å². The molecule has 0 spiro atoms. The van der Waals surface area contributed by atoms with Crippen molar-refractivity contribution in [3.63, 3.8) is 0 Å². The monoisotopic (exact) mass is 375 g/mol. The van der Waals surface area contributed by atoms with Crippen molar-refractivity contribution >= 4 is 32.1 Å². The maximum Gasteiger partial charge on any atom is 0.434 e. The number of rotatable bonds is 3. The van der Waals surface area contributed by atoms with Gasteiger partial charge in [-0.25, -0.2) is 9.97 Å². The van der Waals surface area contributed by atoms with Gasteiger partial charge in [-0.15, -0.1) is 22.7 Å². The van der Waals surface area contributed by atoms with Gasteiger partial charge in [-0.1, -0.05) is 0 Å². The number of aryl methyl sites for hydroxylation is 1. The van der Waals surface area contributed by atoms with Crippen molar-refractivity contribution in [2.45, 2.75) is 13.1 Å². The molecule has 0 saturated carbocycles. The third kappa shape index (κ3) is 3.52. The molecular formula is C13H9F3N3OPS2. The van der Waals surface area contributed by atoms with Crippen molar-refractivity contribution in [1.82, 2.24) is 15.0 Å². The van der Waals surface area contributed by atoms with Crippen LogP contribution in [0.1, 0.15) is 10.6 Å². The lowest BCUT2D eigenvalue weighted by Crippen LogP contribution is -2.05. The van der Waals surface area contributed by atoms with Gasteiger partial charge in [-0.3, -0.25) is 0 Å². The summed E-state index contributed by atoms with van der Waals surface area (Å²) in [6.45, 7) is 1.96. The summed E-state index contributed by atoms with van der Waals surface area (Å²) in [4.78, 5) is 14.0. The second-order valence-corrected chi connectivity index (χ2v) is 6.86. The first-order chi connectivity index (χ1) is 10.9. The molecule has 1 unspecified atom stereocenters. The van der Waals surface area contributed by atoms with Gasteiger partial charge in [0, 0.05) is 16.3 Å². The summed E-state index contributed by atoms with van der Waals surface area (Å²) in [5.41, 5.74) is -0.374. The number of alkyl halides is 3. The predicted molar refractivity (Wildman–Crippen MR) is 86.5 cm³/mol. The van der Waals surface area contributed by atoms with E-state index >= 15 is 0 Å². The van der Waals surface area contributed by atoms with Gasteiger partial charge in [0.15, 0.2) is 16.5 Å². The zero-order valence-corrected chi connectivity index (χ0v) is 14.4. The summed E-state index contributed by atoms with van der Waals surface area (Å²) < 4.78 is 43.1. The summed E-state index contributed by atoms with van der Waals surface area (Å²) in [7, 11) is 2.06. The first kappa shape index (κ1) is 16.3. The van der Waals surface area contributed by atoms with Gasteiger partial charge in [-0.05, 0) is 19.1 Å².